The normalized spacial score (nSPS) is 10.6. The predicted octanol–water partition coefficient (Wildman–Crippen LogP) is 2.84. The molecule has 1 aromatic heterocycles. The minimum Gasteiger partial charge on any atom is -0.278 e. The minimum absolute atomic E-state index is 0.850. The van der Waals surface area contributed by atoms with Crippen molar-refractivity contribution in [1.29, 1.82) is 0 Å². The number of benzene rings is 1. The van der Waals surface area contributed by atoms with Crippen molar-refractivity contribution < 1.29 is 0 Å². The van der Waals surface area contributed by atoms with Gasteiger partial charge in [-0.2, -0.15) is 5.10 Å². The molecule has 0 radical (unpaired) electrons. The summed E-state index contributed by atoms with van der Waals surface area (Å²) >= 11 is 0. The summed E-state index contributed by atoms with van der Waals surface area (Å²) in [7, 11) is 0. The number of anilines is 1. The zero-order chi connectivity index (χ0) is 11.2. The molecule has 3 heteroatoms. The van der Waals surface area contributed by atoms with Gasteiger partial charge in [-0.1, -0.05) is 18.2 Å². The first kappa shape index (κ1) is 10.4. The van der Waals surface area contributed by atoms with Gasteiger partial charge in [-0.25, -0.2) is 0 Å². The van der Waals surface area contributed by atoms with Gasteiger partial charge < -0.3 is 0 Å². The minimum atomic E-state index is 0.850. The Balaban J connectivity index is 2.00. The Morgan fingerprint density at radius 3 is 2.75 bits per heavy atom. The van der Waals surface area contributed by atoms with Gasteiger partial charge in [0.05, 0.1) is 17.6 Å². The zero-order valence-corrected chi connectivity index (χ0v) is 9.09. The fraction of sp³-hybridized carbons (Fsp3) is 0.0769. The van der Waals surface area contributed by atoms with Crippen molar-refractivity contribution in [2.45, 2.75) is 6.92 Å². The molecule has 0 aliphatic rings. The third-order valence-corrected chi connectivity index (χ3v) is 2.10. The lowest BCUT2D eigenvalue weighted by Gasteiger charge is -1.98. The van der Waals surface area contributed by atoms with Gasteiger partial charge in [0, 0.05) is 6.20 Å². The Bertz CT molecular complexity index is 478. The molecular formula is C13H13N3. The Hall–Kier alpha value is -2.16. The van der Waals surface area contributed by atoms with E-state index in [1.807, 2.05) is 49.4 Å². The molecule has 3 nitrogen and oxygen atoms in total. The van der Waals surface area contributed by atoms with Crippen molar-refractivity contribution in [1.82, 2.24) is 4.98 Å². The molecule has 0 aliphatic carbocycles. The molecule has 1 aromatic carbocycles. The lowest BCUT2D eigenvalue weighted by molar-refractivity contribution is 1.25. The first-order chi connectivity index (χ1) is 7.84. The largest absolute Gasteiger partial charge is 0.278 e. The van der Waals surface area contributed by atoms with E-state index in [1.165, 1.54) is 5.56 Å². The Kier molecular flexibility index (Phi) is 3.28. The molecule has 0 spiro atoms. The van der Waals surface area contributed by atoms with Crippen LogP contribution in [-0.4, -0.2) is 11.2 Å². The van der Waals surface area contributed by atoms with Crippen LogP contribution in [0.25, 0.3) is 0 Å². The van der Waals surface area contributed by atoms with E-state index >= 15 is 0 Å². The monoisotopic (exact) mass is 211 g/mol. The van der Waals surface area contributed by atoms with Gasteiger partial charge in [0.15, 0.2) is 0 Å². The predicted molar refractivity (Wildman–Crippen MR) is 66.6 cm³/mol. The van der Waals surface area contributed by atoms with Crippen LogP contribution in [0.1, 0.15) is 11.3 Å². The second-order valence-corrected chi connectivity index (χ2v) is 3.49. The summed E-state index contributed by atoms with van der Waals surface area (Å²) in [6.45, 7) is 2.03. The van der Waals surface area contributed by atoms with Crippen molar-refractivity contribution in [2.75, 3.05) is 5.43 Å². The van der Waals surface area contributed by atoms with Gasteiger partial charge in [0.2, 0.25) is 0 Å². The third kappa shape index (κ3) is 2.92. The molecule has 0 fully saturated rings. The highest BCUT2D eigenvalue weighted by Gasteiger charge is 1.89. The molecule has 0 bridgehead atoms. The quantitative estimate of drug-likeness (QED) is 0.626. The van der Waals surface area contributed by atoms with Crippen LogP contribution in [-0.2, 0) is 0 Å². The van der Waals surface area contributed by atoms with E-state index in [0.717, 1.165) is 11.4 Å². The number of para-hydroxylation sites is 1. The summed E-state index contributed by atoms with van der Waals surface area (Å²) in [5, 5.41) is 4.12. The second-order valence-electron chi connectivity index (χ2n) is 3.49. The van der Waals surface area contributed by atoms with E-state index in [4.69, 9.17) is 0 Å². The molecule has 0 saturated heterocycles. The summed E-state index contributed by atoms with van der Waals surface area (Å²) in [4.78, 5) is 4.18. The maximum absolute atomic E-state index is 4.18. The highest BCUT2D eigenvalue weighted by atomic mass is 15.3. The average molecular weight is 211 g/mol. The molecule has 0 saturated carbocycles. The summed E-state index contributed by atoms with van der Waals surface area (Å²) in [5.74, 6) is 0. The van der Waals surface area contributed by atoms with Gasteiger partial charge in [-0.05, 0) is 36.8 Å². The fourth-order valence-corrected chi connectivity index (χ4v) is 1.32. The van der Waals surface area contributed by atoms with Crippen molar-refractivity contribution in [2.24, 2.45) is 5.10 Å². The van der Waals surface area contributed by atoms with Crippen molar-refractivity contribution in [3.05, 3.63) is 59.9 Å². The van der Waals surface area contributed by atoms with Gasteiger partial charge in [0.25, 0.3) is 0 Å². The molecule has 2 rings (SSSR count). The van der Waals surface area contributed by atoms with Crippen LogP contribution in [0, 0.1) is 6.92 Å². The smallest absolute Gasteiger partial charge is 0.0832 e. The Morgan fingerprint density at radius 2 is 2.00 bits per heavy atom. The van der Waals surface area contributed by atoms with E-state index in [9.17, 15) is 0 Å². The van der Waals surface area contributed by atoms with E-state index in [1.54, 1.807) is 12.4 Å². The average Bonchev–Trinajstić information content (AvgIpc) is 2.30. The van der Waals surface area contributed by atoms with Crippen LogP contribution in [0.2, 0.25) is 0 Å². The van der Waals surface area contributed by atoms with Gasteiger partial charge in [-0.3, -0.25) is 10.4 Å². The molecule has 1 heterocycles. The van der Waals surface area contributed by atoms with Crippen molar-refractivity contribution in [3.8, 4) is 0 Å². The van der Waals surface area contributed by atoms with Gasteiger partial charge in [0.1, 0.15) is 0 Å². The first-order valence-corrected chi connectivity index (χ1v) is 5.11. The van der Waals surface area contributed by atoms with Crippen LogP contribution in [0.15, 0.2) is 53.8 Å². The number of hydrazone groups is 1. The summed E-state index contributed by atoms with van der Waals surface area (Å²) < 4.78 is 0. The first-order valence-electron chi connectivity index (χ1n) is 5.11. The van der Waals surface area contributed by atoms with Crippen molar-refractivity contribution >= 4 is 11.9 Å². The standard InChI is InChI=1S/C13H13N3/c1-11-7-8-14-13(9-11)10-15-16-12-5-3-2-4-6-12/h2-10,16H,1H3. The maximum Gasteiger partial charge on any atom is 0.0832 e. The molecule has 16 heavy (non-hydrogen) atoms. The van der Waals surface area contributed by atoms with Crippen LogP contribution in [0.3, 0.4) is 0 Å². The molecule has 0 amide bonds. The Labute approximate surface area is 94.9 Å². The SMILES string of the molecule is Cc1ccnc(C=NNc2ccccc2)c1. The number of aryl methyl sites for hydroxylation is 1. The lowest BCUT2D eigenvalue weighted by atomic mass is 10.2. The van der Waals surface area contributed by atoms with Crippen LogP contribution in [0.4, 0.5) is 5.69 Å². The maximum atomic E-state index is 4.18. The van der Waals surface area contributed by atoms with Crippen LogP contribution in [0.5, 0.6) is 0 Å². The molecule has 1 N–H and O–H groups in total. The fourth-order valence-electron chi connectivity index (χ4n) is 1.32. The lowest BCUT2D eigenvalue weighted by Crippen LogP contribution is -1.92. The molecule has 0 atom stereocenters. The van der Waals surface area contributed by atoms with Gasteiger partial charge in [-0.15, -0.1) is 0 Å². The topological polar surface area (TPSA) is 37.3 Å². The van der Waals surface area contributed by atoms with E-state index in [-0.39, 0.29) is 0 Å². The molecule has 2 aromatic rings. The molecule has 0 aliphatic heterocycles. The number of hydrogen-bond acceptors (Lipinski definition) is 3. The summed E-state index contributed by atoms with van der Waals surface area (Å²) in [6.07, 6.45) is 3.49. The number of nitrogens with zero attached hydrogens (tertiary/aromatic N) is 2. The highest BCUT2D eigenvalue weighted by molar-refractivity contribution is 5.77. The number of hydrogen-bond donors (Lipinski definition) is 1. The van der Waals surface area contributed by atoms with E-state index in [0.29, 0.717) is 0 Å². The molecular weight excluding hydrogens is 198 g/mol. The van der Waals surface area contributed by atoms with E-state index < -0.39 is 0 Å². The summed E-state index contributed by atoms with van der Waals surface area (Å²) in [6, 6.07) is 13.8. The third-order valence-electron chi connectivity index (χ3n) is 2.10. The van der Waals surface area contributed by atoms with Crippen LogP contribution >= 0.6 is 0 Å². The highest BCUT2D eigenvalue weighted by Crippen LogP contribution is 2.04. The van der Waals surface area contributed by atoms with Gasteiger partial charge >= 0.3 is 0 Å². The number of pyridine rings is 1. The molecule has 0 unspecified atom stereocenters. The van der Waals surface area contributed by atoms with Crippen molar-refractivity contribution in [3.63, 3.8) is 0 Å². The number of rotatable bonds is 3. The summed E-state index contributed by atoms with van der Waals surface area (Å²) in [5.41, 5.74) is 5.93. The van der Waals surface area contributed by atoms with Crippen LogP contribution < -0.4 is 5.43 Å². The second kappa shape index (κ2) is 5.07. The number of nitrogens with one attached hydrogen (secondary N) is 1. The zero-order valence-electron chi connectivity index (χ0n) is 9.09. The Morgan fingerprint density at radius 1 is 1.19 bits per heavy atom. The molecule has 80 valence electrons. The van der Waals surface area contributed by atoms with E-state index in [2.05, 4.69) is 15.5 Å². The number of aromatic nitrogens is 1.